The van der Waals surface area contributed by atoms with Crippen molar-refractivity contribution in [2.45, 2.75) is 45.1 Å². The summed E-state index contributed by atoms with van der Waals surface area (Å²) in [5.41, 5.74) is 0.635. The van der Waals surface area contributed by atoms with E-state index in [9.17, 15) is 9.50 Å². The van der Waals surface area contributed by atoms with Crippen molar-refractivity contribution >= 4 is 11.6 Å². The van der Waals surface area contributed by atoms with Crippen LogP contribution in [0.2, 0.25) is 5.02 Å². The first-order chi connectivity index (χ1) is 7.65. The van der Waals surface area contributed by atoms with Gasteiger partial charge in [0.15, 0.2) is 0 Å². The molecular weight excluding hydrogens is 227 g/mol. The molecule has 0 heterocycles. The molecule has 0 bridgehead atoms. The smallest absolute Gasteiger partial charge is 0.144 e. The molecule has 0 fully saturated rings. The van der Waals surface area contributed by atoms with Gasteiger partial charge in [0.2, 0.25) is 0 Å². The number of benzene rings is 1. The molecule has 0 saturated carbocycles. The lowest BCUT2D eigenvalue weighted by Crippen LogP contribution is -2.06. The van der Waals surface area contributed by atoms with E-state index in [4.69, 9.17) is 11.6 Å². The normalized spacial score (nSPS) is 12.8. The highest BCUT2D eigenvalue weighted by atomic mass is 35.5. The summed E-state index contributed by atoms with van der Waals surface area (Å²) in [5.74, 6) is -0.325. The average molecular weight is 245 g/mol. The van der Waals surface area contributed by atoms with Gasteiger partial charge in [0, 0.05) is 0 Å². The van der Waals surface area contributed by atoms with Gasteiger partial charge in [0.1, 0.15) is 5.82 Å². The monoisotopic (exact) mass is 244 g/mol. The molecule has 1 aromatic carbocycles. The van der Waals surface area contributed by atoms with Crippen LogP contribution in [-0.4, -0.2) is 11.2 Å². The Balaban J connectivity index is 2.40. The molecule has 1 aromatic rings. The fourth-order valence-electron chi connectivity index (χ4n) is 1.75. The second-order valence-electron chi connectivity index (χ2n) is 4.05. The first kappa shape index (κ1) is 13.5. The summed E-state index contributed by atoms with van der Waals surface area (Å²) in [6.07, 6.45) is 3.68. The van der Waals surface area contributed by atoms with Crippen molar-refractivity contribution in [3.8, 4) is 0 Å². The molecule has 0 aromatic heterocycles. The standard InChI is InChI=1S/C13H18ClFO/c1-2-5-11(16)8-3-6-10-7-4-9-12(14)13(10)15/h4,7,9,11,16H,2-3,5-6,8H2,1H3. The molecule has 0 amide bonds. The second kappa shape index (κ2) is 6.87. The van der Waals surface area contributed by atoms with E-state index in [2.05, 4.69) is 0 Å². The summed E-state index contributed by atoms with van der Waals surface area (Å²) >= 11 is 5.68. The molecule has 0 saturated heterocycles. The van der Waals surface area contributed by atoms with Crippen LogP contribution in [-0.2, 0) is 6.42 Å². The third-order valence-electron chi connectivity index (χ3n) is 2.64. The van der Waals surface area contributed by atoms with Crippen molar-refractivity contribution in [3.63, 3.8) is 0 Å². The molecular formula is C13H18ClFO. The van der Waals surface area contributed by atoms with Crippen LogP contribution in [0.25, 0.3) is 0 Å². The van der Waals surface area contributed by atoms with Crippen LogP contribution in [0.15, 0.2) is 18.2 Å². The van der Waals surface area contributed by atoms with Crippen LogP contribution in [0, 0.1) is 5.82 Å². The Morgan fingerprint density at radius 3 is 2.81 bits per heavy atom. The van der Waals surface area contributed by atoms with Crippen LogP contribution in [0.5, 0.6) is 0 Å². The summed E-state index contributed by atoms with van der Waals surface area (Å²) in [6.45, 7) is 2.04. The third kappa shape index (κ3) is 4.11. The summed E-state index contributed by atoms with van der Waals surface area (Å²) in [7, 11) is 0. The van der Waals surface area contributed by atoms with E-state index in [1.54, 1.807) is 18.2 Å². The quantitative estimate of drug-likeness (QED) is 0.803. The van der Waals surface area contributed by atoms with Crippen LogP contribution in [0.1, 0.15) is 38.2 Å². The summed E-state index contributed by atoms with van der Waals surface area (Å²) in [6, 6.07) is 5.04. The zero-order chi connectivity index (χ0) is 12.0. The number of aliphatic hydroxyl groups excluding tert-OH is 1. The van der Waals surface area contributed by atoms with Gasteiger partial charge in [0.25, 0.3) is 0 Å². The van der Waals surface area contributed by atoms with Crippen LogP contribution >= 0.6 is 11.6 Å². The molecule has 1 nitrogen and oxygen atoms in total. The molecule has 1 unspecified atom stereocenters. The molecule has 1 rings (SSSR count). The van der Waals surface area contributed by atoms with Crippen molar-refractivity contribution in [1.82, 2.24) is 0 Å². The van der Waals surface area contributed by atoms with Crippen LogP contribution in [0.4, 0.5) is 4.39 Å². The predicted octanol–water partition coefficient (Wildman–Crippen LogP) is 3.96. The van der Waals surface area contributed by atoms with E-state index >= 15 is 0 Å². The first-order valence-electron chi connectivity index (χ1n) is 5.76. The minimum atomic E-state index is -0.325. The number of aliphatic hydroxyl groups is 1. The number of aryl methyl sites for hydroxylation is 1. The van der Waals surface area contributed by atoms with Gasteiger partial charge in [-0.25, -0.2) is 4.39 Å². The fourth-order valence-corrected chi connectivity index (χ4v) is 1.94. The van der Waals surface area contributed by atoms with E-state index in [1.807, 2.05) is 6.92 Å². The second-order valence-corrected chi connectivity index (χ2v) is 4.45. The van der Waals surface area contributed by atoms with E-state index in [0.717, 1.165) is 25.7 Å². The third-order valence-corrected chi connectivity index (χ3v) is 2.93. The Kier molecular flexibility index (Phi) is 5.78. The van der Waals surface area contributed by atoms with E-state index < -0.39 is 0 Å². The minimum Gasteiger partial charge on any atom is -0.393 e. The predicted molar refractivity (Wildman–Crippen MR) is 65.3 cm³/mol. The van der Waals surface area contributed by atoms with Gasteiger partial charge in [-0.1, -0.05) is 37.1 Å². The van der Waals surface area contributed by atoms with Gasteiger partial charge in [-0.3, -0.25) is 0 Å². The van der Waals surface area contributed by atoms with E-state index in [0.29, 0.717) is 12.0 Å². The molecule has 0 radical (unpaired) electrons. The number of rotatable bonds is 6. The summed E-state index contributed by atoms with van der Waals surface area (Å²) < 4.78 is 13.5. The molecule has 16 heavy (non-hydrogen) atoms. The van der Waals surface area contributed by atoms with Gasteiger partial charge in [-0.05, 0) is 37.3 Å². The first-order valence-corrected chi connectivity index (χ1v) is 6.14. The maximum Gasteiger partial charge on any atom is 0.144 e. The Morgan fingerprint density at radius 2 is 2.12 bits per heavy atom. The Labute approximate surface area is 101 Å². The summed E-state index contributed by atoms with van der Waals surface area (Å²) in [5, 5.41) is 9.70. The van der Waals surface area contributed by atoms with Crippen LogP contribution in [0.3, 0.4) is 0 Å². The van der Waals surface area contributed by atoms with Gasteiger partial charge < -0.3 is 5.11 Å². The summed E-state index contributed by atoms with van der Waals surface area (Å²) in [4.78, 5) is 0. The zero-order valence-electron chi connectivity index (χ0n) is 9.55. The average Bonchev–Trinajstić information content (AvgIpc) is 2.25. The van der Waals surface area contributed by atoms with Crippen molar-refractivity contribution in [2.75, 3.05) is 0 Å². The number of halogens is 2. The number of hydrogen-bond acceptors (Lipinski definition) is 1. The molecule has 0 spiro atoms. The van der Waals surface area contributed by atoms with Gasteiger partial charge >= 0.3 is 0 Å². The maximum atomic E-state index is 13.5. The Hall–Kier alpha value is -0.600. The lowest BCUT2D eigenvalue weighted by atomic mass is 10.0. The highest BCUT2D eigenvalue weighted by molar-refractivity contribution is 6.30. The molecule has 1 atom stereocenters. The van der Waals surface area contributed by atoms with Gasteiger partial charge in [-0.15, -0.1) is 0 Å². The lowest BCUT2D eigenvalue weighted by molar-refractivity contribution is 0.151. The molecule has 90 valence electrons. The fraction of sp³-hybridized carbons (Fsp3) is 0.538. The van der Waals surface area contributed by atoms with Crippen molar-refractivity contribution in [3.05, 3.63) is 34.6 Å². The van der Waals surface area contributed by atoms with Crippen molar-refractivity contribution in [2.24, 2.45) is 0 Å². The minimum absolute atomic E-state index is 0.173. The highest BCUT2D eigenvalue weighted by Crippen LogP contribution is 2.19. The molecule has 1 N–H and O–H groups in total. The van der Waals surface area contributed by atoms with E-state index in [-0.39, 0.29) is 16.9 Å². The lowest BCUT2D eigenvalue weighted by Gasteiger charge is -2.09. The topological polar surface area (TPSA) is 20.2 Å². The zero-order valence-corrected chi connectivity index (χ0v) is 10.3. The SMILES string of the molecule is CCCC(O)CCCc1cccc(Cl)c1F. The molecule has 3 heteroatoms. The number of hydrogen-bond donors (Lipinski definition) is 1. The van der Waals surface area contributed by atoms with E-state index in [1.165, 1.54) is 0 Å². The van der Waals surface area contributed by atoms with Gasteiger partial charge in [0.05, 0.1) is 11.1 Å². The van der Waals surface area contributed by atoms with Crippen molar-refractivity contribution < 1.29 is 9.50 Å². The Bertz CT molecular complexity index is 328. The van der Waals surface area contributed by atoms with Crippen LogP contribution < -0.4 is 0 Å². The van der Waals surface area contributed by atoms with Crippen molar-refractivity contribution in [1.29, 1.82) is 0 Å². The molecule has 0 aliphatic rings. The van der Waals surface area contributed by atoms with Gasteiger partial charge in [-0.2, -0.15) is 0 Å². The Morgan fingerprint density at radius 1 is 1.38 bits per heavy atom. The largest absolute Gasteiger partial charge is 0.393 e. The maximum absolute atomic E-state index is 13.5. The molecule has 0 aliphatic carbocycles. The highest BCUT2D eigenvalue weighted by Gasteiger charge is 2.07. The molecule has 0 aliphatic heterocycles.